The predicted octanol–water partition coefficient (Wildman–Crippen LogP) is 2.01. The van der Waals surface area contributed by atoms with Crippen LogP contribution >= 0.6 is 11.6 Å². The molecule has 0 amide bonds. The fraction of sp³-hybridized carbons (Fsp3) is 0.333. The van der Waals surface area contributed by atoms with Crippen molar-refractivity contribution < 1.29 is 0 Å². The Morgan fingerprint density at radius 3 is 2.76 bits per heavy atom. The molecular formula is C12H15ClN4. The molecule has 0 aliphatic rings. The van der Waals surface area contributed by atoms with Gasteiger partial charge in [0.2, 0.25) is 0 Å². The van der Waals surface area contributed by atoms with Gasteiger partial charge in [-0.1, -0.05) is 17.7 Å². The first-order chi connectivity index (χ1) is 8.19. The molecule has 0 radical (unpaired) electrons. The molecule has 0 bridgehead atoms. The Hall–Kier alpha value is -1.39. The molecule has 0 fully saturated rings. The Labute approximate surface area is 106 Å². The van der Waals surface area contributed by atoms with Crippen LogP contribution in [0.5, 0.6) is 0 Å². The smallest absolute Gasteiger partial charge is 0.0832 e. The molecule has 5 heteroatoms. The summed E-state index contributed by atoms with van der Waals surface area (Å²) in [6, 6.07) is 6.00. The lowest BCUT2D eigenvalue weighted by Gasteiger charge is -2.04. The Balaban J connectivity index is 2.15. The number of hydrogen-bond acceptors (Lipinski definition) is 3. The van der Waals surface area contributed by atoms with Crippen molar-refractivity contribution in [3.63, 3.8) is 0 Å². The molecule has 0 aromatic carbocycles. The van der Waals surface area contributed by atoms with Crippen LogP contribution in [0.25, 0.3) is 0 Å². The molecule has 2 aromatic rings. The van der Waals surface area contributed by atoms with Crippen LogP contribution in [0.1, 0.15) is 17.1 Å². The molecule has 0 atom stereocenters. The normalized spacial score (nSPS) is 10.8. The van der Waals surface area contributed by atoms with Crippen molar-refractivity contribution in [2.45, 2.75) is 20.0 Å². The third-order valence-electron chi connectivity index (χ3n) is 2.43. The maximum absolute atomic E-state index is 5.96. The van der Waals surface area contributed by atoms with Crippen LogP contribution < -0.4 is 5.32 Å². The van der Waals surface area contributed by atoms with Crippen molar-refractivity contribution in [2.75, 3.05) is 7.05 Å². The lowest BCUT2D eigenvalue weighted by molar-refractivity contribution is 0.659. The van der Waals surface area contributed by atoms with Crippen LogP contribution in [-0.4, -0.2) is 21.8 Å². The average molecular weight is 251 g/mol. The van der Waals surface area contributed by atoms with Crippen LogP contribution in [0.2, 0.25) is 5.02 Å². The maximum atomic E-state index is 5.96. The number of rotatable bonds is 4. The van der Waals surface area contributed by atoms with Crippen molar-refractivity contribution >= 4 is 11.6 Å². The van der Waals surface area contributed by atoms with Gasteiger partial charge in [0.05, 0.1) is 28.6 Å². The zero-order valence-corrected chi connectivity index (χ0v) is 10.7. The van der Waals surface area contributed by atoms with Crippen LogP contribution in [0.15, 0.2) is 24.4 Å². The van der Waals surface area contributed by atoms with E-state index >= 15 is 0 Å². The summed E-state index contributed by atoms with van der Waals surface area (Å²) < 4.78 is 1.81. The summed E-state index contributed by atoms with van der Waals surface area (Å²) in [6.07, 6.45) is 1.82. The molecule has 2 heterocycles. The largest absolute Gasteiger partial charge is 0.314 e. The number of aryl methyl sites for hydroxylation is 1. The number of nitrogens with zero attached hydrogens (tertiary/aromatic N) is 3. The van der Waals surface area contributed by atoms with E-state index in [0.717, 1.165) is 23.6 Å². The summed E-state index contributed by atoms with van der Waals surface area (Å²) in [5.41, 5.74) is 2.86. The summed E-state index contributed by atoms with van der Waals surface area (Å²) in [7, 11) is 1.91. The molecule has 0 aliphatic carbocycles. The quantitative estimate of drug-likeness (QED) is 0.903. The van der Waals surface area contributed by atoms with Gasteiger partial charge >= 0.3 is 0 Å². The van der Waals surface area contributed by atoms with Crippen molar-refractivity contribution in [3.05, 3.63) is 46.5 Å². The van der Waals surface area contributed by atoms with Crippen molar-refractivity contribution in [1.82, 2.24) is 20.1 Å². The van der Waals surface area contributed by atoms with E-state index in [1.807, 2.05) is 43.0 Å². The van der Waals surface area contributed by atoms with E-state index in [-0.39, 0.29) is 0 Å². The van der Waals surface area contributed by atoms with E-state index < -0.39 is 0 Å². The molecule has 0 saturated heterocycles. The minimum atomic E-state index is 0.644. The van der Waals surface area contributed by atoms with Crippen LogP contribution in [0.4, 0.5) is 0 Å². The predicted molar refractivity (Wildman–Crippen MR) is 68.1 cm³/mol. The number of halogens is 1. The van der Waals surface area contributed by atoms with E-state index in [4.69, 9.17) is 11.6 Å². The molecule has 0 unspecified atom stereocenters. The maximum Gasteiger partial charge on any atom is 0.0832 e. The molecule has 17 heavy (non-hydrogen) atoms. The summed E-state index contributed by atoms with van der Waals surface area (Å²) in [5.74, 6) is 0. The first-order valence-electron chi connectivity index (χ1n) is 5.48. The van der Waals surface area contributed by atoms with Gasteiger partial charge in [0.1, 0.15) is 0 Å². The van der Waals surface area contributed by atoms with Crippen molar-refractivity contribution in [1.29, 1.82) is 0 Å². The molecule has 1 N–H and O–H groups in total. The Morgan fingerprint density at radius 2 is 2.12 bits per heavy atom. The van der Waals surface area contributed by atoms with Gasteiger partial charge in [0, 0.05) is 12.7 Å². The third kappa shape index (κ3) is 3.05. The van der Waals surface area contributed by atoms with E-state index in [9.17, 15) is 0 Å². The molecule has 90 valence electrons. The van der Waals surface area contributed by atoms with E-state index in [1.165, 1.54) is 0 Å². The summed E-state index contributed by atoms with van der Waals surface area (Å²) in [4.78, 5) is 4.53. The highest BCUT2D eigenvalue weighted by Crippen LogP contribution is 2.13. The monoisotopic (exact) mass is 250 g/mol. The molecule has 0 aliphatic heterocycles. The number of pyridine rings is 1. The summed E-state index contributed by atoms with van der Waals surface area (Å²) >= 11 is 5.96. The zero-order chi connectivity index (χ0) is 12.3. The number of nitrogens with one attached hydrogen (secondary N) is 1. The zero-order valence-electron chi connectivity index (χ0n) is 9.94. The Morgan fingerprint density at radius 1 is 1.35 bits per heavy atom. The molecule has 2 rings (SSSR count). The minimum absolute atomic E-state index is 0.644. The van der Waals surface area contributed by atoms with E-state index in [1.54, 1.807) is 0 Å². The second-order valence-electron chi connectivity index (χ2n) is 3.91. The molecular weight excluding hydrogens is 236 g/mol. The van der Waals surface area contributed by atoms with E-state index in [2.05, 4.69) is 15.4 Å². The highest BCUT2D eigenvalue weighted by molar-refractivity contribution is 6.31. The van der Waals surface area contributed by atoms with Gasteiger partial charge in [-0.25, -0.2) is 0 Å². The Kier molecular flexibility index (Phi) is 3.76. The highest BCUT2D eigenvalue weighted by atomic mass is 35.5. The van der Waals surface area contributed by atoms with Crippen molar-refractivity contribution in [3.8, 4) is 0 Å². The number of aromatic nitrogens is 3. The fourth-order valence-electron chi connectivity index (χ4n) is 1.64. The minimum Gasteiger partial charge on any atom is -0.314 e. The molecule has 2 aromatic heterocycles. The lowest BCUT2D eigenvalue weighted by atomic mass is 10.3. The second-order valence-corrected chi connectivity index (χ2v) is 4.32. The van der Waals surface area contributed by atoms with Gasteiger partial charge in [0.15, 0.2) is 0 Å². The third-order valence-corrected chi connectivity index (χ3v) is 2.80. The van der Waals surface area contributed by atoms with Crippen LogP contribution in [0.3, 0.4) is 0 Å². The van der Waals surface area contributed by atoms with E-state index in [0.29, 0.717) is 11.6 Å². The van der Waals surface area contributed by atoms with Crippen LogP contribution in [-0.2, 0) is 13.1 Å². The van der Waals surface area contributed by atoms with Gasteiger partial charge in [-0.3, -0.25) is 9.67 Å². The Bertz CT molecular complexity index is 487. The molecule has 0 spiro atoms. The van der Waals surface area contributed by atoms with Gasteiger partial charge in [-0.05, 0) is 26.1 Å². The average Bonchev–Trinajstić information content (AvgIpc) is 2.59. The highest BCUT2D eigenvalue weighted by Gasteiger charge is 2.03. The SMILES string of the molecule is CNCc1cccc(Cn2cc(Cl)c(C)n2)n1. The summed E-state index contributed by atoms with van der Waals surface area (Å²) in [6.45, 7) is 3.31. The fourth-order valence-corrected chi connectivity index (χ4v) is 1.79. The topological polar surface area (TPSA) is 42.7 Å². The van der Waals surface area contributed by atoms with Crippen molar-refractivity contribution in [2.24, 2.45) is 0 Å². The second kappa shape index (κ2) is 5.29. The number of hydrogen-bond donors (Lipinski definition) is 1. The van der Waals surface area contributed by atoms with Gasteiger partial charge < -0.3 is 5.32 Å². The first kappa shape index (κ1) is 12.1. The molecule has 4 nitrogen and oxygen atoms in total. The summed E-state index contributed by atoms with van der Waals surface area (Å²) in [5, 5.41) is 8.08. The van der Waals surface area contributed by atoms with Gasteiger partial charge in [0.25, 0.3) is 0 Å². The van der Waals surface area contributed by atoms with Crippen LogP contribution in [0, 0.1) is 6.92 Å². The first-order valence-corrected chi connectivity index (χ1v) is 5.86. The van der Waals surface area contributed by atoms with Gasteiger partial charge in [-0.15, -0.1) is 0 Å². The standard InChI is InChI=1S/C12H15ClN4/c1-9-12(13)8-17(16-9)7-11-5-3-4-10(15-11)6-14-2/h3-5,8,14H,6-7H2,1-2H3. The van der Waals surface area contributed by atoms with Gasteiger partial charge in [-0.2, -0.15) is 5.10 Å². The molecule has 0 saturated carbocycles. The lowest BCUT2D eigenvalue weighted by Crippen LogP contribution is -2.09.